The van der Waals surface area contributed by atoms with Gasteiger partial charge in [-0.15, -0.1) is 0 Å². The van der Waals surface area contributed by atoms with Gasteiger partial charge in [-0.1, -0.05) is 0 Å². The number of carbonyl (C=O) groups is 1. The maximum Gasteiger partial charge on any atom is 0.308 e. The van der Waals surface area contributed by atoms with Crippen LogP contribution >= 0.6 is 11.8 Å². The van der Waals surface area contributed by atoms with E-state index in [9.17, 15) is 18.7 Å². The van der Waals surface area contributed by atoms with Crippen LogP contribution in [0.5, 0.6) is 0 Å². The quantitative estimate of drug-likeness (QED) is 0.191. The second-order valence-corrected chi connectivity index (χ2v) is 11.4. The molecule has 0 bridgehead atoms. The van der Waals surface area contributed by atoms with Crippen LogP contribution in [0.2, 0.25) is 0 Å². The van der Waals surface area contributed by atoms with E-state index < -0.39 is 12.0 Å². The fourth-order valence-electron chi connectivity index (χ4n) is 5.10. The highest BCUT2D eigenvalue weighted by molar-refractivity contribution is 7.98. The normalized spacial score (nSPS) is 18.8. The van der Waals surface area contributed by atoms with E-state index in [1.165, 1.54) is 18.3 Å². The number of aliphatic hydroxyl groups is 1. The maximum atomic E-state index is 13.1. The van der Waals surface area contributed by atoms with Gasteiger partial charge in [-0.2, -0.15) is 11.8 Å². The van der Waals surface area contributed by atoms with Gasteiger partial charge in [-0.25, -0.2) is 18.7 Å². The van der Waals surface area contributed by atoms with Crippen molar-refractivity contribution in [1.29, 1.82) is 0 Å². The number of aromatic nitrogens is 3. The Balaban J connectivity index is 1.40. The van der Waals surface area contributed by atoms with Gasteiger partial charge < -0.3 is 15.2 Å². The molecule has 3 heterocycles. The number of hydrogen-bond acceptors (Lipinski definition) is 8. The molecule has 40 heavy (non-hydrogen) atoms. The van der Waals surface area contributed by atoms with Crippen LogP contribution < -0.4 is 5.32 Å². The first-order valence-corrected chi connectivity index (χ1v) is 14.9. The number of nitrogens with zero attached hydrogens (tertiary/aromatic N) is 3. The van der Waals surface area contributed by atoms with Gasteiger partial charge in [-0.3, -0.25) is 9.78 Å². The Hall–Kier alpha value is -3.11. The summed E-state index contributed by atoms with van der Waals surface area (Å²) in [5.74, 6) is 1.48. The summed E-state index contributed by atoms with van der Waals surface area (Å²) in [6, 6.07) is 9.98. The molecule has 0 amide bonds. The largest absolute Gasteiger partial charge is 0.465 e. The average molecular weight is 571 g/mol. The molecule has 0 unspecified atom stereocenters. The molecule has 1 atom stereocenters. The molecular weight excluding hydrogens is 534 g/mol. The van der Waals surface area contributed by atoms with Crippen LogP contribution in [0, 0.1) is 18.8 Å². The van der Waals surface area contributed by atoms with Crippen molar-refractivity contribution in [3.63, 3.8) is 0 Å². The molecule has 214 valence electrons. The van der Waals surface area contributed by atoms with Crippen molar-refractivity contribution in [2.75, 3.05) is 23.9 Å². The van der Waals surface area contributed by atoms with E-state index in [-0.39, 0.29) is 29.2 Å². The minimum absolute atomic E-state index is 0.0178. The zero-order valence-electron chi connectivity index (χ0n) is 23.1. The molecule has 3 aromatic rings. The van der Waals surface area contributed by atoms with Crippen molar-refractivity contribution < 1.29 is 23.4 Å². The van der Waals surface area contributed by atoms with Gasteiger partial charge in [0.25, 0.3) is 6.43 Å². The van der Waals surface area contributed by atoms with Gasteiger partial charge in [0.15, 0.2) is 0 Å². The van der Waals surface area contributed by atoms with Gasteiger partial charge in [-0.05, 0) is 106 Å². The third kappa shape index (κ3) is 7.54. The van der Waals surface area contributed by atoms with Crippen molar-refractivity contribution >= 4 is 29.4 Å². The van der Waals surface area contributed by atoms with Gasteiger partial charge in [0.05, 0.1) is 23.9 Å². The van der Waals surface area contributed by atoms with E-state index in [2.05, 4.69) is 20.3 Å². The number of nitrogens with one attached hydrogen (secondary N) is 1. The minimum atomic E-state index is -2.59. The summed E-state index contributed by atoms with van der Waals surface area (Å²) in [5, 5.41) is 14.5. The van der Waals surface area contributed by atoms with Crippen LogP contribution in [-0.2, 0) is 15.1 Å². The fourth-order valence-corrected chi connectivity index (χ4v) is 5.51. The maximum absolute atomic E-state index is 13.1. The summed E-state index contributed by atoms with van der Waals surface area (Å²) in [6.07, 6.45) is 6.15. The first kappa shape index (κ1) is 29.9. The third-order valence-electron chi connectivity index (χ3n) is 7.43. The lowest BCUT2D eigenvalue weighted by Crippen LogP contribution is -2.37. The number of anilines is 2. The standard InChI is InChI=1S/C30H36F2N4O3S/c1-19-15-24(35-27(16-19)36-26-17-21(28(31)32)11-12-33-26)22-7-10-25(34-18-22)30(2,38)23-8-5-20(6-9-23)29(37)39-13-4-14-40-3/h7,10-12,15-18,20,23,28,38H,4-6,8-9,13-14H2,1-3H3,(H,33,35,36)/t20-,23-,30-/m1/s1. The Morgan fingerprint density at radius 3 is 2.60 bits per heavy atom. The summed E-state index contributed by atoms with van der Waals surface area (Å²) in [5.41, 5.74) is 1.65. The van der Waals surface area contributed by atoms with E-state index in [1.54, 1.807) is 24.9 Å². The molecule has 2 N–H and O–H groups in total. The first-order valence-electron chi connectivity index (χ1n) is 13.5. The predicted octanol–water partition coefficient (Wildman–Crippen LogP) is 6.84. The SMILES string of the molecule is CSCCCOC(=O)[C@H]1CC[C@H]([C@@](C)(O)c2ccc(-c3cc(C)cc(Nc4cc(C(F)F)ccn4)n3)cn2)CC1. The van der Waals surface area contributed by atoms with Crippen LogP contribution in [-0.4, -0.2) is 44.6 Å². The Bertz CT molecular complexity index is 1280. The third-order valence-corrected chi connectivity index (χ3v) is 8.13. The Morgan fingerprint density at radius 2 is 1.93 bits per heavy atom. The lowest BCUT2D eigenvalue weighted by Gasteiger charge is -2.37. The minimum Gasteiger partial charge on any atom is -0.465 e. The number of esters is 1. The van der Waals surface area contributed by atoms with Crippen molar-refractivity contribution in [2.45, 2.75) is 58.0 Å². The number of pyridine rings is 3. The van der Waals surface area contributed by atoms with Gasteiger partial charge in [0, 0.05) is 23.5 Å². The van der Waals surface area contributed by atoms with Crippen molar-refractivity contribution in [3.05, 3.63) is 65.6 Å². The lowest BCUT2D eigenvalue weighted by atomic mass is 9.73. The first-order chi connectivity index (χ1) is 19.2. The molecule has 1 saturated carbocycles. The summed E-state index contributed by atoms with van der Waals surface area (Å²) in [4.78, 5) is 25.7. The molecule has 1 aliphatic carbocycles. The van der Waals surface area contributed by atoms with Crippen LogP contribution in [0.25, 0.3) is 11.3 Å². The van der Waals surface area contributed by atoms with Crippen molar-refractivity contribution in [2.24, 2.45) is 11.8 Å². The molecule has 0 radical (unpaired) electrons. The number of ether oxygens (including phenoxy) is 1. The second kappa shape index (κ2) is 13.5. The number of halogens is 2. The van der Waals surface area contributed by atoms with Gasteiger partial charge in [0.2, 0.25) is 0 Å². The van der Waals surface area contributed by atoms with Crippen molar-refractivity contribution in [1.82, 2.24) is 15.0 Å². The number of rotatable bonds is 11. The van der Waals surface area contributed by atoms with E-state index in [0.717, 1.165) is 36.1 Å². The highest BCUT2D eigenvalue weighted by Crippen LogP contribution is 2.41. The van der Waals surface area contributed by atoms with Gasteiger partial charge >= 0.3 is 5.97 Å². The summed E-state index contributed by atoms with van der Waals surface area (Å²) >= 11 is 1.74. The average Bonchev–Trinajstić information content (AvgIpc) is 2.95. The second-order valence-electron chi connectivity index (χ2n) is 10.5. The fraction of sp³-hybridized carbons (Fsp3) is 0.467. The molecule has 3 aromatic heterocycles. The molecule has 0 saturated heterocycles. The summed E-state index contributed by atoms with van der Waals surface area (Å²) in [7, 11) is 0. The molecule has 0 aromatic carbocycles. The number of aryl methyl sites for hydroxylation is 1. The van der Waals surface area contributed by atoms with Gasteiger partial charge in [0.1, 0.15) is 17.2 Å². The molecule has 0 spiro atoms. The predicted molar refractivity (Wildman–Crippen MR) is 154 cm³/mol. The smallest absolute Gasteiger partial charge is 0.308 e. The number of carbonyl (C=O) groups excluding carboxylic acids is 1. The Kier molecular flexibility index (Phi) is 10.1. The highest BCUT2D eigenvalue weighted by Gasteiger charge is 2.39. The molecular formula is C30H36F2N4O3S. The van der Waals surface area contributed by atoms with Crippen molar-refractivity contribution in [3.8, 4) is 11.3 Å². The Morgan fingerprint density at radius 1 is 1.15 bits per heavy atom. The summed E-state index contributed by atoms with van der Waals surface area (Å²) < 4.78 is 31.6. The highest BCUT2D eigenvalue weighted by atomic mass is 32.2. The molecule has 10 heteroatoms. The van der Waals surface area contributed by atoms with Crippen LogP contribution in [0.3, 0.4) is 0 Å². The molecule has 1 aliphatic rings. The zero-order chi connectivity index (χ0) is 28.7. The van der Waals surface area contributed by atoms with Crippen LogP contribution in [0.15, 0.2) is 48.8 Å². The summed E-state index contributed by atoms with van der Waals surface area (Å²) in [6.45, 7) is 4.17. The number of alkyl halides is 2. The van der Waals surface area contributed by atoms with E-state index in [4.69, 9.17) is 4.74 Å². The Labute approximate surface area is 238 Å². The molecule has 1 fully saturated rings. The lowest BCUT2D eigenvalue weighted by molar-refractivity contribution is -0.151. The number of thioether (sulfide) groups is 1. The topological polar surface area (TPSA) is 97.2 Å². The van der Waals surface area contributed by atoms with Crippen LogP contribution in [0.4, 0.5) is 20.4 Å². The monoisotopic (exact) mass is 570 g/mol. The van der Waals surface area contributed by atoms with E-state index >= 15 is 0 Å². The molecule has 7 nitrogen and oxygen atoms in total. The van der Waals surface area contributed by atoms with Crippen LogP contribution in [0.1, 0.15) is 62.3 Å². The zero-order valence-corrected chi connectivity index (χ0v) is 23.9. The number of hydrogen-bond donors (Lipinski definition) is 2. The van der Waals surface area contributed by atoms with E-state index in [0.29, 0.717) is 36.7 Å². The molecule has 4 rings (SSSR count). The molecule has 0 aliphatic heterocycles. The van der Waals surface area contributed by atoms with E-state index in [1.807, 2.05) is 37.4 Å².